The average Bonchev–Trinajstić information content (AvgIpc) is 2.94. The van der Waals surface area contributed by atoms with Crippen LogP contribution in [0.4, 0.5) is 11.6 Å². The van der Waals surface area contributed by atoms with Crippen molar-refractivity contribution in [3.63, 3.8) is 0 Å². The number of H-pyrrole nitrogens is 1. The number of aromatic nitrogens is 3. The predicted octanol–water partition coefficient (Wildman–Crippen LogP) is 4.78. The molecule has 7 nitrogen and oxygen atoms in total. The van der Waals surface area contributed by atoms with E-state index in [4.69, 9.17) is 0 Å². The molecule has 0 saturated carbocycles. The number of fused-ring (bicyclic) bond motifs is 2. The quantitative estimate of drug-likeness (QED) is 0.474. The number of nitrogens with zero attached hydrogens (tertiary/aromatic N) is 4. The number of aromatic amines is 1. The van der Waals surface area contributed by atoms with E-state index in [2.05, 4.69) is 36.1 Å². The molecule has 0 radical (unpaired) electrons. The van der Waals surface area contributed by atoms with Gasteiger partial charge in [0.25, 0.3) is 11.5 Å². The highest BCUT2D eigenvalue weighted by molar-refractivity contribution is 9.10. The van der Waals surface area contributed by atoms with E-state index in [1.165, 1.54) is 4.57 Å². The Kier molecular flexibility index (Phi) is 4.04. The van der Waals surface area contributed by atoms with Gasteiger partial charge in [-0.05, 0) is 37.3 Å². The topological polar surface area (TPSA) is 95.6 Å². The van der Waals surface area contributed by atoms with E-state index in [1.54, 1.807) is 18.2 Å². The standard InChI is InChI=1S/C18H14BrN5O2/c1-2-24-17(26)11-5-3-4-6-13(11)21-18(24)23-22-15-12-9-10(19)7-8-14(12)20-16(15)25/h3-9,20,25H,2H2,1H3. The van der Waals surface area contributed by atoms with Gasteiger partial charge in [-0.2, -0.15) is 0 Å². The molecule has 2 aromatic heterocycles. The maximum atomic E-state index is 12.6. The summed E-state index contributed by atoms with van der Waals surface area (Å²) in [5.41, 5.74) is 1.42. The SMILES string of the molecule is CCn1c(N=Nc2c(O)[nH]c3ccc(Br)cc23)nc2ccccc2c1=O. The van der Waals surface area contributed by atoms with Gasteiger partial charge in [-0.3, -0.25) is 9.36 Å². The molecule has 26 heavy (non-hydrogen) atoms. The third-order valence-electron chi connectivity index (χ3n) is 4.11. The third kappa shape index (κ3) is 2.68. The molecule has 0 saturated heterocycles. The van der Waals surface area contributed by atoms with Crippen LogP contribution in [0.25, 0.3) is 21.8 Å². The van der Waals surface area contributed by atoms with Crippen molar-refractivity contribution in [1.82, 2.24) is 14.5 Å². The molecule has 8 heteroatoms. The van der Waals surface area contributed by atoms with Crippen molar-refractivity contribution in [3.8, 4) is 5.88 Å². The second-order valence-corrected chi connectivity index (χ2v) is 6.61. The number of azo groups is 1. The minimum atomic E-state index is -0.169. The second-order valence-electron chi connectivity index (χ2n) is 5.69. The van der Waals surface area contributed by atoms with Crippen LogP contribution in [0.15, 0.2) is 62.0 Å². The summed E-state index contributed by atoms with van der Waals surface area (Å²) >= 11 is 3.41. The Hall–Kier alpha value is -3.00. The smallest absolute Gasteiger partial charge is 0.262 e. The van der Waals surface area contributed by atoms with E-state index >= 15 is 0 Å². The van der Waals surface area contributed by atoms with Gasteiger partial charge in [0.05, 0.1) is 16.4 Å². The first-order valence-electron chi connectivity index (χ1n) is 8.00. The van der Waals surface area contributed by atoms with E-state index in [0.717, 1.165) is 9.99 Å². The van der Waals surface area contributed by atoms with Crippen LogP contribution >= 0.6 is 15.9 Å². The highest BCUT2D eigenvalue weighted by Gasteiger charge is 2.13. The molecule has 0 spiro atoms. The second kappa shape index (κ2) is 6.38. The number of hydrogen-bond acceptors (Lipinski definition) is 5. The lowest BCUT2D eigenvalue weighted by molar-refractivity contribution is 0.459. The Morgan fingerprint density at radius 2 is 2.00 bits per heavy atom. The molecule has 0 fully saturated rings. The van der Waals surface area contributed by atoms with E-state index in [9.17, 15) is 9.90 Å². The Balaban J connectivity index is 1.89. The predicted molar refractivity (Wildman–Crippen MR) is 104 cm³/mol. The van der Waals surface area contributed by atoms with Gasteiger partial charge in [-0.25, -0.2) is 4.98 Å². The Labute approximate surface area is 156 Å². The number of halogens is 1. The van der Waals surface area contributed by atoms with E-state index in [0.29, 0.717) is 28.5 Å². The first kappa shape index (κ1) is 16.5. The van der Waals surface area contributed by atoms with Crippen LogP contribution in [-0.4, -0.2) is 19.6 Å². The van der Waals surface area contributed by atoms with E-state index < -0.39 is 0 Å². The number of rotatable bonds is 3. The van der Waals surface area contributed by atoms with Gasteiger partial charge >= 0.3 is 0 Å². The molecule has 0 aliphatic heterocycles. The molecule has 0 atom stereocenters. The molecule has 4 rings (SSSR count). The highest BCUT2D eigenvalue weighted by atomic mass is 79.9. The van der Waals surface area contributed by atoms with Crippen molar-refractivity contribution >= 4 is 49.4 Å². The van der Waals surface area contributed by atoms with E-state index in [-0.39, 0.29) is 17.4 Å². The van der Waals surface area contributed by atoms with Gasteiger partial charge in [0.1, 0.15) is 0 Å². The van der Waals surface area contributed by atoms with E-state index in [1.807, 2.05) is 31.2 Å². The molecule has 4 aromatic rings. The van der Waals surface area contributed by atoms with Crippen LogP contribution in [0.5, 0.6) is 5.88 Å². The summed E-state index contributed by atoms with van der Waals surface area (Å²) in [5, 5.41) is 19.7. The summed E-state index contributed by atoms with van der Waals surface area (Å²) in [6.45, 7) is 2.26. The maximum Gasteiger partial charge on any atom is 0.262 e. The molecule has 0 aliphatic rings. The normalized spacial score (nSPS) is 11.8. The number of benzene rings is 2. The van der Waals surface area contributed by atoms with Gasteiger partial charge in [0, 0.05) is 16.4 Å². The lowest BCUT2D eigenvalue weighted by atomic mass is 10.2. The van der Waals surface area contributed by atoms with Crippen molar-refractivity contribution in [2.24, 2.45) is 10.2 Å². The molecule has 0 aliphatic carbocycles. The number of nitrogens with one attached hydrogen (secondary N) is 1. The van der Waals surface area contributed by atoms with Crippen molar-refractivity contribution in [3.05, 3.63) is 57.3 Å². The van der Waals surface area contributed by atoms with Crippen LogP contribution in [0.1, 0.15) is 6.92 Å². The lowest BCUT2D eigenvalue weighted by Crippen LogP contribution is -2.20. The fourth-order valence-corrected chi connectivity index (χ4v) is 3.21. The summed E-state index contributed by atoms with van der Waals surface area (Å²) in [5.74, 6) is 0.105. The third-order valence-corrected chi connectivity index (χ3v) is 4.60. The van der Waals surface area contributed by atoms with Crippen LogP contribution in [-0.2, 0) is 6.54 Å². The first-order valence-corrected chi connectivity index (χ1v) is 8.79. The van der Waals surface area contributed by atoms with Gasteiger partial charge in [0.2, 0.25) is 5.88 Å². The van der Waals surface area contributed by atoms with Crippen molar-refractivity contribution < 1.29 is 5.11 Å². The molecule has 0 amide bonds. The maximum absolute atomic E-state index is 12.6. The van der Waals surface area contributed by atoms with Crippen molar-refractivity contribution in [2.45, 2.75) is 13.5 Å². The minimum Gasteiger partial charge on any atom is -0.493 e. The number of para-hydroxylation sites is 1. The molecular formula is C18H14BrN5O2. The average molecular weight is 412 g/mol. The van der Waals surface area contributed by atoms with Gasteiger partial charge in [-0.1, -0.05) is 28.1 Å². The summed E-state index contributed by atoms with van der Waals surface area (Å²) in [6, 6.07) is 12.6. The summed E-state index contributed by atoms with van der Waals surface area (Å²) in [7, 11) is 0. The number of hydrogen-bond donors (Lipinski definition) is 2. The molecule has 0 unspecified atom stereocenters. The van der Waals surface area contributed by atoms with Crippen LogP contribution in [0.3, 0.4) is 0 Å². The molecule has 2 N–H and O–H groups in total. The monoisotopic (exact) mass is 411 g/mol. The molecule has 130 valence electrons. The Morgan fingerprint density at radius 1 is 1.19 bits per heavy atom. The Morgan fingerprint density at radius 3 is 2.81 bits per heavy atom. The molecule has 0 bridgehead atoms. The fraction of sp³-hybridized carbons (Fsp3) is 0.111. The zero-order chi connectivity index (χ0) is 18.3. The number of aromatic hydroxyl groups is 1. The Bertz CT molecular complexity index is 1230. The molecular weight excluding hydrogens is 398 g/mol. The zero-order valence-corrected chi connectivity index (χ0v) is 15.4. The fourth-order valence-electron chi connectivity index (χ4n) is 2.85. The summed E-state index contributed by atoms with van der Waals surface area (Å²) in [6.07, 6.45) is 0. The van der Waals surface area contributed by atoms with Crippen LogP contribution in [0, 0.1) is 0 Å². The van der Waals surface area contributed by atoms with Crippen LogP contribution < -0.4 is 5.56 Å². The lowest BCUT2D eigenvalue weighted by Gasteiger charge is -2.06. The minimum absolute atomic E-state index is 0.0898. The van der Waals surface area contributed by atoms with Gasteiger partial charge in [0.15, 0.2) is 5.69 Å². The van der Waals surface area contributed by atoms with Crippen molar-refractivity contribution in [2.75, 3.05) is 0 Å². The molecule has 2 aromatic carbocycles. The first-order chi connectivity index (χ1) is 12.6. The van der Waals surface area contributed by atoms with Crippen molar-refractivity contribution in [1.29, 1.82) is 0 Å². The summed E-state index contributed by atoms with van der Waals surface area (Å²) < 4.78 is 2.31. The molecule has 2 heterocycles. The van der Waals surface area contributed by atoms with Crippen LogP contribution in [0.2, 0.25) is 0 Å². The highest BCUT2D eigenvalue weighted by Crippen LogP contribution is 2.37. The zero-order valence-electron chi connectivity index (χ0n) is 13.8. The summed E-state index contributed by atoms with van der Waals surface area (Å²) in [4.78, 5) is 19.9. The largest absolute Gasteiger partial charge is 0.493 e. The van der Waals surface area contributed by atoms with Gasteiger partial charge < -0.3 is 10.1 Å². The van der Waals surface area contributed by atoms with Gasteiger partial charge in [-0.15, -0.1) is 10.2 Å².